The third-order valence-electron chi connectivity index (χ3n) is 4.85. The number of anilines is 1. The Morgan fingerprint density at radius 3 is 2.65 bits per heavy atom. The third-order valence-corrected chi connectivity index (χ3v) is 6.21. The molecule has 26 heavy (non-hydrogen) atoms. The molecule has 0 radical (unpaired) electrons. The van der Waals surface area contributed by atoms with Crippen molar-refractivity contribution in [2.24, 2.45) is 0 Å². The molecule has 4 rings (SSSR count). The summed E-state index contributed by atoms with van der Waals surface area (Å²) in [6.07, 6.45) is 3.37. The highest BCUT2D eigenvalue weighted by Gasteiger charge is 2.35. The van der Waals surface area contributed by atoms with Crippen LogP contribution in [0, 0.1) is 6.92 Å². The fourth-order valence-electron chi connectivity index (χ4n) is 3.24. The Bertz CT molecular complexity index is 953. The molecule has 6 heteroatoms. The molecule has 3 aromatic rings. The molecule has 132 valence electrons. The van der Waals surface area contributed by atoms with Crippen LogP contribution in [0.5, 0.6) is 0 Å². The van der Waals surface area contributed by atoms with Gasteiger partial charge in [0.15, 0.2) is 5.82 Å². The SMILES string of the molecule is Cc1c(C(=O)N2c3ccccc3SC(C)C2C)cnn1-c1ccccn1. The minimum Gasteiger partial charge on any atom is -0.303 e. The lowest BCUT2D eigenvalue weighted by atomic mass is 10.1. The van der Waals surface area contributed by atoms with Crippen molar-refractivity contribution in [1.82, 2.24) is 14.8 Å². The van der Waals surface area contributed by atoms with Gasteiger partial charge in [0.25, 0.3) is 5.91 Å². The number of carbonyl (C=O) groups excluding carboxylic acids is 1. The van der Waals surface area contributed by atoms with E-state index < -0.39 is 0 Å². The van der Waals surface area contributed by atoms with Gasteiger partial charge in [0.1, 0.15) is 0 Å². The number of aromatic nitrogens is 3. The molecule has 0 aliphatic carbocycles. The van der Waals surface area contributed by atoms with Gasteiger partial charge in [-0.3, -0.25) is 4.79 Å². The van der Waals surface area contributed by atoms with E-state index in [0.717, 1.165) is 16.3 Å². The highest BCUT2D eigenvalue weighted by atomic mass is 32.2. The second kappa shape index (κ2) is 6.61. The summed E-state index contributed by atoms with van der Waals surface area (Å²) in [6.45, 7) is 6.17. The van der Waals surface area contributed by atoms with Crippen molar-refractivity contribution in [2.75, 3.05) is 4.90 Å². The van der Waals surface area contributed by atoms with E-state index in [1.807, 2.05) is 60.0 Å². The van der Waals surface area contributed by atoms with Crippen LogP contribution >= 0.6 is 11.8 Å². The normalized spacial score (nSPS) is 19.3. The van der Waals surface area contributed by atoms with Crippen molar-refractivity contribution >= 4 is 23.4 Å². The Kier molecular flexibility index (Phi) is 4.28. The van der Waals surface area contributed by atoms with Gasteiger partial charge in [-0.15, -0.1) is 11.8 Å². The van der Waals surface area contributed by atoms with Crippen molar-refractivity contribution in [3.8, 4) is 5.82 Å². The van der Waals surface area contributed by atoms with Gasteiger partial charge in [0, 0.05) is 22.4 Å². The quantitative estimate of drug-likeness (QED) is 0.687. The summed E-state index contributed by atoms with van der Waals surface area (Å²) < 4.78 is 1.71. The summed E-state index contributed by atoms with van der Waals surface area (Å²) in [7, 11) is 0. The minimum absolute atomic E-state index is 0.0169. The van der Waals surface area contributed by atoms with Crippen molar-refractivity contribution in [1.29, 1.82) is 0 Å². The molecule has 0 fully saturated rings. The van der Waals surface area contributed by atoms with Crippen LogP contribution in [0.25, 0.3) is 5.82 Å². The van der Waals surface area contributed by atoms with Crippen LogP contribution in [-0.2, 0) is 0 Å². The maximum atomic E-state index is 13.4. The number of thioether (sulfide) groups is 1. The molecule has 1 aliphatic rings. The monoisotopic (exact) mass is 364 g/mol. The molecule has 0 N–H and O–H groups in total. The van der Waals surface area contributed by atoms with Gasteiger partial charge in [-0.1, -0.05) is 25.1 Å². The number of hydrogen-bond donors (Lipinski definition) is 0. The van der Waals surface area contributed by atoms with E-state index in [9.17, 15) is 4.79 Å². The lowest BCUT2D eigenvalue weighted by Gasteiger charge is -2.38. The maximum Gasteiger partial charge on any atom is 0.262 e. The Morgan fingerprint density at radius 2 is 1.88 bits per heavy atom. The first-order chi connectivity index (χ1) is 12.6. The number of benzene rings is 1. The van der Waals surface area contributed by atoms with Crippen LogP contribution < -0.4 is 4.90 Å². The minimum atomic E-state index is -0.0169. The molecule has 2 atom stereocenters. The lowest BCUT2D eigenvalue weighted by molar-refractivity contribution is 0.0976. The van der Waals surface area contributed by atoms with E-state index in [2.05, 4.69) is 30.0 Å². The van der Waals surface area contributed by atoms with Gasteiger partial charge in [-0.05, 0) is 38.1 Å². The summed E-state index contributed by atoms with van der Waals surface area (Å²) in [6, 6.07) is 13.8. The van der Waals surface area contributed by atoms with E-state index >= 15 is 0 Å². The molecule has 0 bridgehead atoms. The number of pyridine rings is 1. The molecule has 0 spiro atoms. The zero-order valence-electron chi connectivity index (χ0n) is 15.0. The standard InChI is InChI=1S/C20H20N4OS/c1-13-15(3)26-18-9-5-4-8-17(18)23(13)20(25)16-12-22-24(14(16)2)19-10-6-7-11-21-19/h4-13,15H,1-3H3. The van der Waals surface area contributed by atoms with Gasteiger partial charge in [0.05, 0.1) is 23.1 Å². The molecule has 1 aromatic carbocycles. The number of rotatable bonds is 2. The molecular formula is C20H20N4OS. The smallest absolute Gasteiger partial charge is 0.262 e. The number of amides is 1. The number of para-hydroxylation sites is 1. The molecule has 0 saturated heterocycles. The largest absolute Gasteiger partial charge is 0.303 e. The fourth-order valence-corrected chi connectivity index (χ4v) is 4.40. The Balaban J connectivity index is 1.76. The molecule has 2 unspecified atom stereocenters. The van der Waals surface area contributed by atoms with Crippen molar-refractivity contribution in [3.63, 3.8) is 0 Å². The first-order valence-corrected chi connectivity index (χ1v) is 9.51. The Labute approximate surface area is 157 Å². The summed E-state index contributed by atoms with van der Waals surface area (Å²) in [5.41, 5.74) is 2.37. The topological polar surface area (TPSA) is 51.0 Å². The van der Waals surface area contributed by atoms with E-state index in [4.69, 9.17) is 0 Å². The highest BCUT2D eigenvalue weighted by Crippen LogP contribution is 2.42. The summed E-state index contributed by atoms with van der Waals surface area (Å²) in [4.78, 5) is 20.8. The Hall–Kier alpha value is -2.60. The van der Waals surface area contributed by atoms with Gasteiger partial charge >= 0.3 is 0 Å². The average Bonchev–Trinajstić information content (AvgIpc) is 3.04. The second-order valence-electron chi connectivity index (χ2n) is 6.45. The zero-order chi connectivity index (χ0) is 18.3. The van der Waals surface area contributed by atoms with Crippen molar-refractivity contribution < 1.29 is 4.79 Å². The van der Waals surface area contributed by atoms with Crippen LogP contribution in [0.3, 0.4) is 0 Å². The van der Waals surface area contributed by atoms with Gasteiger partial charge in [0.2, 0.25) is 0 Å². The first kappa shape index (κ1) is 16.8. The molecule has 0 saturated carbocycles. The zero-order valence-corrected chi connectivity index (χ0v) is 15.8. The predicted octanol–water partition coefficient (Wildman–Crippen LogP) is 4.11. The van der Waals surface area contributed by atoms with Crippen LogP contribution in [0.15, 0.2) is 59.8 Å². The molecule has 5 nitrogen and oxygen atoms in total. The number of fused-ring (bicyclic) bond motifs is 1. The summed E-state index contributed by atoms with van der Waals surface area (Å²) in [5.74, 6) is 0.692. The van der Waals surface area contributed by atoms with Gasteiger partial charge in [-0.25, -0.2) is 9.67 Å². The van der Waals surface area contributed by atoms with E-state index in [0.29, 0.717) is 16.6 Å². The van der Waals surface area contributed by atoms with Crippen molar-refractivity contribution in [3.05, 3.63) is 66.1 Å². The van der Waals surface area contributed by atoms with E-state index in [1.165, 1.54) is 0 Å². The van der Waals surface area contributed by atoms with Crippen molar-refractivity contribution in [2.45, 2.75) is 37.0 Å². The fraction of sp³-hybridized carbons (Fsp3) is 0.250. The second-order valence-corrected chi connectivity index (χ2v) is 7.87. The van der Waals surface area contributed by atoms with Crippen LogP contribution in [0.2, 0.25) is 0 Å². The molecule has 1 aliphatic heterocycles. The predicted molar refractivity (Wildman–Crippen MR) is 104 cm³/mol. The summed E-state index contributed by atoms with van der Waals surface area (Å²) in [5, 5.41) is 4.72. The van der Waals surface area contributed by atoms with Crippen LogP contribution in [0.1, 0.15) is 29.9 Å². The molecule has 1 amide bonds. The first-order valence-electron chi connectivity index (χ1n) is 8.63. The van der Waals surface area contributed by atoms with Crippen LogP contribution in [0.4, 0.5) is 5.69 Å². The average molecular weight is 364 g/mol. The maximum absolute atomic E-state index is 13.4. The molecule has 2 aromatic heterocycles. The third kappa shape index (κ3) is 2.70. The molecule has 3 heterocycles. The number of nitrogens with zero attached hydrogens (tertiary/aromatic N) is 4. The molecular weight excluding hydrogens is 344 g/mol. The van der Waals surface area contributed by atoms with Crippen LogP contribution in [-0.4, -0.2) is 32.0 Å². The van der Waals surface area contributed by atoms with E-state index in [-0.39, 0.29) is 11.9 Å². The number of carbonyl (C=O) groups is 1. The lowest BCUT2D eigenvalue weighted by Crippen LogP contribution is -2.46. The van der Waals surface area contributed by atoms with Gasteiger partial charge in [-0.2, -0.15) is 5.10 Å². The highest BCUT2D eigenvalue weighted by molar-refractivity contribution is 8.00. The summed E-state index contributed by atoms with van der Waals surface area (Å²) >= 11 is 1.82. The van der Waals surface area contributed by atoms with Gasteiger partial charge < -0.3 is 4.90 Å². The van der Waals surface area contributed by atoms with E-state index in [1.54, 1.807) is 17.1 Å². The number of hydrogen-bond acceptors (Lipinski definition) is 4. The Morgan fingerprint density at radius 1 is 1.12 bits per heavy atom.